The minimum Gasteiger partial charge on any atom is -0.456 e. The molecule has 0 atom stereocenters. The molecule has 0 saturated heterocycles. The number of alkyl halides is 2. The smallest absolute Gasteiger partial charge is 0.280 e. The summed E-state index contributed by atoms with van der Waals surface area (Å²) >= 11 is 0. The largest absolute Gasteiger partial charge is 0.456 e. The van der Waals surface area contributed by atoms with Gasteiger partial charge in [-0.25, -0.2) is 13.8 Å². The number of ether oxygens (including phenoxy) is 1. The van der Waals surface area contributed by atoms with Gasteiger partial charge >= 0.3 is 0 Å². The molecule has 0 aliphatic heterocycles. The van der Waals surface area contributed by atoms with Crippen molar-refractivity contribution in [2.45, 2.75) is 19.8 Å². The van der Waals surface area contributed by atoms with Gasteiger partial charge in [-0.15, -0.1) is 0 Å². The third kappa shape index (κ3) is 4.44. The molecule has 3 heterocycles. The lowest BCUT2D eigenvalue weighted by Crippen LogP contribution is -2.09. The Morgan fingerprint density at radius 2 is 2.00 bits per heavy atom. The van der Waals surface area contributed by atoms with E-state index < -0.39 is 17.9 Å². The van der Waals surface area contributed by atoms with E-state index in [4.69, 9.17) is 4.74 Å². The molecule has 3 rings (SSSR count). The number of rotatable bonds is 6. The van der Waals surface area contributed by atoms with Crippen LogP contribution < -0.4 is 4.74 Å². The fraction of sp³-hybridized carbons (Fsp3) is 0.158. The Kier molecular flexibility index (Phi) is 5.26. The van der Waals surface area contributed by atoms with E-state index in [0.717, 1.165) is 11.6 Å². The number of halogens is 2. The molecule has 132 valence electrons. The lowest BCUT2D eigenvalue weighted by molar-refractivity contribution is 0.0984. The topological polar surface area (TPSA) is 65.0 Å². The molecule has 0 radical (unpaired) electrons. The maximum atomic E-state index is 13.1. The lowest BCUT2D eigenvalue weighted by Gasteiger charge is -2.09. The van der Waals surface area contributed by atoms with Crippen LogP contribution in [-0.2, 0) is 6.42 Å². The first-order valence-corrected chi connectivity index (χ1v) is 7.84. The molecule has 0 N–H and O–H groups in total. The fourth-order valence-corrected chi connectivity index (χ4v) is 2.24. The molecule has 5 nitrogen and oxygen atoms in total. The van der Waals surface area contributed by atoms with Gasteiger partial charge in [0.1, 0.15) is 22.9 Å². The quantitative estimate of drug-likeness (QED) is 0.616. The van der Waals surface area contributed by atoms with Crippen LogP contribution in [0.1, 0.15) is 33.9 Å². The summed E-state index contributed by atoms with van der Waals surface area (Å²) < 4.78 is 31.8. The highest BCUT2D eigenvalue weighted by Gasteiger charge is 2.17. The van der Waals surface area contributed by atoms with Gasteiger partial charge in [-0.05, 0) is 30.7 Å². The first-order valence-electron chi connectivity index (χ1n) is 7.84. The zero-order valence-corrected chi connectivity index (χ0v) is 13.9. The van der Waals surface area contributed by atoms with Gasteiger partial charge in [-0.1, -0.05) is 6.07 Å². The molecule has 0 aliphatic rings. The molecule has 26 heavy (non-hydrogen) atoms. The average molecular weight is 355 g/mol. The highest BCUT2D eigenvalue weighted by atomic mass is 19.3. The van der Waals surface area contributed by atoms with E-state index >= 15 is 0 Å². The van der Waals surface area contributed by atoms with E-state index in [-0.39, 0.29) is 17.9 Å². The highest BCUT2D eigenvalue weighted by Crippen LogP contribution is 2.26. The van der Waals surface area contributed by atoms with E-state index in [9.17, 15) is 13.6 Å². The van der Waals surface area contributed by atoms with Crippen LogP contribution in [0.4, 0.5) is 8.78 Å². The van der Waals surface area contributed by atoms with Crippen molar-refractivity contribution < 1.29 is 18.3 Å². The molecule has 0 aromatic carbocycles. The molecule has 0 spiro atoms. The lowest BCUT2D eigenvalue weighted by atomic mass is 10.1. The van der Waals surface area contributed by atoms with Crippen LogP contribution in [0.3, 0.4) is 0 Å². The number of hydrogen-bond acceptors (Lipinski definition) is 5. The SMILES string of the molecule is Cc1ccc(CC(=O)c2cc(Oc3cccnc3)cc(C(F)F)n2)nc1. The third-order valence-corrected chi connectivity index (χ3v) is 3.51. The molecule has 0 unspecified atom stereocenters. The number of carbonyl (C=O) groups is 1. The van der Waals surface area contributed by atoms with Gasteiger partial charge in [-0.2, -0.15) is 0 Å². The third-order valence-electron chi connectivity index (χ3n) is 3.51. The predicted octanol–water partition coefficient (Wildman–Crippen LogP) is 4.34. The minimum atomic E-state index is -2.82. The Hall–Kier alpha value is -3.22. The van der Waals surface area contributed by atoms with E-state index in [0.29, 0.717) is 11.4 Å². The normalized spacial score (nSPS) is 10.8. The Bertz CT molecular complexity index is 900. The zero-order valence-electron chi connectivity index (χ0n) is 13.9. The Balaban J connectivity index is 1.87. The predicted molar refractivity (Wildman–Crippen MR) is 90.5 cm³/mol. The van der Waals surface area contributed by atoms with Crippen LogP contribution in [0.15, 0.2) is 55.0 Å². The van der Waals surface area contributed by atoms with Crippen molar-refractivity contribution in [3.05, 3.63) is 77.6 Å². The maximum Gasteiger partial charge on any atom is 0.280 e. The van der Waals surface area contributed by atoms with Gasteiger partial charge in [0, 0.05) is 30.2 Å². The molecule has 0 aliphatic carbocycles. The molecular weight excluding hydrogens is 340 g/mol. The van der Waals surface area contributed by atoms with Crippen molar-refractivity contribution in [2.75, 3.05) is 0 Å². The second-order valence-corrected chi connectivity index (χ2v) is 5.63. The van der Waals surface area contributed by atoms with Gasteiger partial charge in [-0.3, -0.25) is 14.8 Å². The van der Waals surface area contributed by atoms with Gasteiger partial charge in [0.2, 0.25) is 0 Å². The fourth-order valence-electron chi connectivity index (χ4n) is 2.24. The molecule has 3 aromatic rings. The van der Waals surface area contributed by atoms with E-state index in [1.54, 1.807) is 30.6 Å². The summed E-state index contributed by atoms with van der Waals surface area (Å²) in [5, 5.41) is 0. The van der Waals surface area contributed by atoms with Gasteiger partial charge in [0.15, 0.2) is 5.78 Å². The van der Waals surface area contributed by atoms with Crippen LogP contribution in [0, 0.1) is 6.92 Å². The summed E-state index contributed by atoms with van der Waals surface area (Å²) in [6, 6.07) is 9.29. The van der Waals surface area contributed by atoms with Crippen LogP contribution in [0.2, 0.25) is 0 Å². The Morgan fingerprint density at radius 1 is 1.15 bits per heavy atom. The minimum absolute atomic E-state index is 0.0354. The van der Waals surface area contributed by atoms with Crippen molar-refractivity contribution in [2.24, 2.45) is 0 Å². The van der Waals surface area contributed by atoms with Crippen LogP contribution in [0.25, 0.3) is 0 Å². The van der Waals surface area contributed by atoms with Crippen molar-refractivity contribution in [1.29, 1.82) is 0 Å². The molecule has 7 heteroatoms. The number of hydrogen-bond donors (Lipinski definition) is 0. The molecule has 0 bridgehead atoms. The Labute approximate surface area is 148 Å². The summed E-state index contributed by atoms with van der Waals surface area (Å²) in [5.74, 6) is 0.0564. The van der Waals surface area contributed by atoms with Crippen molar-refractivity contribution in [3.63, 3.8) is 0 Å². The van der Waals surface area contributed by atoms with E-state index in [1.165, 1.54) is 12.3 Å². The standard InChI is InChI=1S/C19H15F2N3O2/c1-12-4-5-13(23-10-12)7-18(25)16-8-15(9-17(24-16)19(20)21)26-14-3-2-6-22-11-14/h2-6,8-11,19H,7H2,1H3. The van der Waals surface area contributed by atoms with Crippen LogP contribution >= 0.6 is 0 Å². The van der Waals surface area contributed by atoms with E-state index in [1.807, 2.05) is 13.0 Å². The van der Waals surface area contributed by atoms with Gasteiger partial charge in [0.05, 0.1) is 12.6 Å². The number of pyridine rings is 3. The van der Waals surface area contributed by atoms with Crippen molar-refractivity contribution >= 4 is 5.78 Å². The Morgan fingerprint density at radius 3 is 2.65 bits per heavy atom. The summed E-state index contributed by atoms with van der Waals surface area (Å²) in [6.07, 6.45) is 1.79. The molecule has 0 saturated carbocycles. The number of aromatic nitrogens is 3. The van der Waals surface area contributed by atoms with E-state index in [2.05, 4.69) is 15.0 Å². The second-order valence-electron chi connectivity index (χ2n) is 5.63. The first kappa shape index (κ1) is 17.6. The number of ketones is 1. The molecule has 3 aromatic heterocycles. The first-order chi connectivity index (χ1) is 12.5. The zero-order chi connectivity index (χ0) is 18.5. The number of carbonyl (C=O) groups excluding carboxylic acids is 1. The molecule has 0 amide bonds. The summed E-state index contributed by atoms with van der Waals surface area (Å²) in [5.41, 5.74) is 0.890. The maximum absolute atomic E-state index is 13.1. The van der Waals surface area contributed by atoms with Gasteiger partial charge < -0.3 is 4.74 Å². The number of aryl methyl sites for hydroxylation is 1. The van der Waals surface area contributed by atoms with Crippen molar-refractivity contribution in [1.82, 2.24) is 15.0 Å². The number of nitrogens with zero attached hydrogens (tertiary/aromatic N) is 3. The summed E-state index contributed by atoms with van der Waals surface area (Å²) in [4.78, 5) is 24.3. The molecule has 0 fully saturated rings. The summed E-state index contributed by atoms with van der Waals surface area (Å²) in [7, 11) is 0. The summed E-state index contributed by atoms with van der Waals surface area (Å²) in [6.45, 7) is 1.88. The van der Waals surface area contributed by atoms with Crippen LogP contribution in [0.5, 0.6) is 11.5 Å². The van der Waals surface area contributed by atoms with Crippen LogP contribution in [-0.4, -0.2) is 20.7 Å². The highest BCUT2D eigenvalue weighted by molar-refractivity contribution is 5.96. The van der Waals surface area contributed by atoms with Gasteiger partial charge in [0.25, 0.3) is 6.43 Å². The molecular formula is C19H15F2N3O2. The monoisotopic (exact) mass is 355 g/mol. The number of Topliss-reactive ketones (excluding diaryl/α,β-unsaturated/α-hetero) is 1. The second kappa shape index (κ2) is 7.77. The average Bonchev–Trinajstić information content (AvgIpc) is 2.64. The van der Waals surface area contributed by atoms with Crippen molar-refractivity contribution in [3.8, 4) is 11.5 Å².